The quantitative estimate of drug-likeness (QED) is 0.713. The van der Waals surface area contributed by atoms with Gasteiger partial charge in [0.15, 0.2) is 0 Å². The zero-order valence-corrected chi connectivity index (χ0v) is 14.5. The fourth-order valence-electron chi connectivity index (χ4n) is 3.82. The predicted molar refractivity (Wildman–Crippen MR) is 88.8 cm³/mol. The summed E-state index contributed by atoms with van der Waals surface area (Å²) in [5, 5.41) is 9.39. The molecule has 3 heterocycles. The molecule has 2 aliphatic heterocycles. The van der Waals surface area contributed by atoms with Gasteiger partial charge < -0.3 is 10.2 Å². The summed E-state index contributed by atoms with van der Waals surface area (Å²) in [5.74, 6) is -1.20. The Labute approximate surface area is 156 Å². The van der Waals surface area contributed by atoms with Gasteiger partial charge in [-0.1, -0.05) is 11.6 Å². The molecule has 142 valence electrons. The second kappa shape index (κ2) is 6.33. The van der Waals surface area contributed by atoms with E-state index in [0.29, 0.717) is 6.42 Å². The van der Waals surface area contributed by atoms with Crippen LogP contribution in [0.4, 0.5) is 28.0 Å². The predicted octanol–water partition coefficient (Wildman–Crippen LogP) is 4.58. The van der Waals surface area contributed by atoms with E-state index in [4.69, 9.17) is 11.6 Å². The lowest BCUT2D eigenvalue weighted by Gasteiger charge is -2.35. The summed E-state index contributed by atoms with van der Waals surface area (Å²) in [7, 11) is 0. The van der Waals surface area contributed by atoms with E-state index in [1.54, 1.807) is 17.3 Å². The summed E-state index contributed by atoms with van der Waals surface area (Å²) in [6, 6.07) is 0.179. The van der Waals surface area contributed by atoms with Crippen molar-refractivity contribution in [3.8, 4) is 0 Å². The van der Waals surface area contributed by atoms with Crippen LogP contribution in [0.15, 0.2) is 24.5 Å². The van der Waals surface area contributed by atoms with E-state index in [1.165, 1.54) is 0 Å². The number of urea groups is 1. The number of amides is 2. The highest BCUT2D eigenvalue weighted by atomic mass is 35.5. The van der Waals surface area contributed by atoms with Gasteiger partial charge in [0.05, 0.1) is 34.7 Å². The molecule has 0 spiro atoms. The van der Waals surface area contributed by atoms with Crippen molar-refractivity contribution >= 4 is 23.3 Å². The number of halogens is 5. The topological polar surface area (TPSA) is 58.1 Å². The normalized spacial score (nSPS) is 21.1. The van der Waals surface area contributed by atoms with Crippen molar-refractivity contribution in [2.75, 3.05) is 5.32 Å². The summed E-state index contributed by atoms with van der Waals surface area (Å²) in [6.07, 6.45) is 0.598. The maximum absolute atomic E-state index is 14.1. The van der Waals surface area contributed by atoms with Gasteiger partial charge in [0.1, 0.15) is 5.82 Å². The van der Waals surface area contributed by atoms with E-state index in [0.717, 1.165) is 30.0 Å². The van der Waals surface area contributed by atoms with Gasteiger partial charge in [-0.2, -0.15) is 23.4 Å². The molecule has 5 nitrogen and oxygen atoms in total. The van der Waals surface area contributed by atoms with Crippen LogP contribution in [0.3, 0.4) is 0 Å². The van der Waals surface area contributed by atoms with Crippen LogP contribution >= 0.6 is 11.6 Å². The summed E-state index contributed by atoms with van der Waals surface area (Å²) in [5.41, 5.74) is 0.228. The van der Waals surface area contributed by atoms with E-state index in [-0.39, 0.29) is 18.2 Å². The van der Waals surface area contributed by atoms with Crippen LogP contribution in [0.1, 0.15) is 35.6 Å². The molecule has 0 saturated carbocycles. The van der Waals surface area contributed by atoms with Crippen molar-refractivity contribution in [3.05, 3.63) is 52.1 Å². The lowest BCUT2D eigenvalue weighted by molar-refractivity contribution is -0.137. The summed E-state index contributed by atoms with van der Waals surface area (Å²) >= 11 is 5.63. The molecule has 1 aromatic carbocycles. The number of rotatable bonds is 1. The first-order valence-corrected chi connectivity index (χ1v) is 8.58. The molecular weight excluding hydrogens is 388 g/mol. The fraction of sp³-hybridized carbons (Fsp3) is 0.353. The average molecular weight is 401 g/mol. The molecule has 1 aromatic heterocycles. The Morgan fingerprint density at radius 3 is 2.70 bits per heavy atom. The first-order chi connectivity index (χ1) is 12.8. The highest BCUT2D eigenvalue weighted by Gasteiger charge is 2.43. The molecule has 2 amide bonds. The lowest BCUT2D eigenvalue weighted by Crippen LogP contribution is -2.44. The monoisotopic (exact) mass is 400 g/mol. The van der Waals surface area contributed by atoms with E-state index >= 15 is 0 Å². The molecule has 2 atom stereocenters. The molecule has 1 fully saturated rings. The number of carbonyl (C=O) groups is 1. The molecule has 2 aromatic rings. The number of fused-ring (bicyclic) bond motifs is 4. The molecule has 10 heteroatoms. The van der Waals surface area contributed by atoms with Crippen LogP contribution in [0.2, 0.25) is 5.02 Å². The lowest BCUT2D eigenvalue weighted by atomic mass is 9.97. The minimum absolute atomic E-state index is 0.0836. The van der Waals surface area contributed by atoms with Crippen molar-refractivity contribution in [2.45, 2.75) is 37.5 Å². The largest absolute Gasteiger partial charge is 0.417 e. The Morgan fingerprint density at radius 1 is 1.22 bits per heavy atom. The molecule has 2 aliphatic rings. The first-order valence-electron chi connectivity index (χ1n) is 8.20. The fourth-order valence-corrected chi connectivity index (χ4v) is 4.09. The van der Waals surface area contributed by atoms with Crippen LogP contribution in [0.25, 0.3) is 0 Å². The number of hydrogen-bond acceptors (Lipinski definition) is 3. The second-order valence-corrected chi connectivity index (χ2v) is 6.98. The first kappa shape index (κ1) is 18.0. The third kappa shape index (κ3) is 3.09. The summed E-state index contributed by atoms with van der Waals surface area (Å²) < 4.78 is 52.5. The summed E-state index contributed by atoms with van der Waals surface area (Å²) in [6.45, 7) is 0. The van der Waals surface area contributed by atoms with Gasteiger partial charge in [0.2, 0.25) is 0 Å². The van der Waals surface area contributed by atoms with Crippen molar-refractivity contribution in [3.63, 3.8) is 0 Å². The molecular formula is C17H13ClF4N4O. The third-order valence-corrected chi connectivity index (χ3v) is 5.32. The Bertz CT molecular complexity index is 920. The number of benzene rings is 1. The van der Waals surface area contributed by atoms with Crippen molar-refractivity contribution in [1.82, 2.24) is 15.1 Å². The van der Waals surface area contributed by atoms with E-state index in [9.17, 15) is 22.4 Å². The van der Waals surface area contributed by atoms with Crippen LogP contribution in [-0.2, 0) is 12.6 Å². The standard InChI is InChI=1S/C17H13ClF4N4O/c18-12-5-14(13(19)4-11(12)17(20,21)22)25-16(27)26-9-1-2-15(26)10-7-24-23-6-8(10)3-9/h4-7,9,15H,1-3H2,(H,25,27)/t9-,15+/m1/s1. The molecule has 0 aliphatic carbocycles. The maximum Gasteiger partial charge on any atom is 0.417 e. The van der Waals surface area contributed by atoms with Crippen molar-refractivity contribution in [1.29, 1.82) is 0 Å². The second-order valence-electron chi connectivity index (χ2n) is 6.57. The third-order valence-electron chi connectivity index (χ3n) is 5.00. The van der Waals surface area contributed by atoms with Crippen LogP contribution in [0, 0.1) is 5.82 Å². The van der Waals surface area contributed by atoms with Gasteiger partial charge in [-0.3, -0.25) is 0 Å². The van der Waals surface area contributed by atoms with E-state index < -0.39 is 34.3 Å². The van der Waals surface area contributed by atoms with Crippen molar-refractivity contribution < 1.29 is 22.4 Å². The van der Waals surface area contributed by atoms with Crippen molar-refractivity contribution in [2.24, 2.45) is 0 Å². The molecule has 1 saturated heterocycles. The Morgan fingerprint density at radius 2 is 1.96 bits per heavy atom. The SMILES string of the molecule is O=C(Nc1cc(Cl)c(C(F)(F)F)cc1F)N1[C@@H]2CC[C@H]1c1cnncc1C2. The van der Waals surface area contributed by atoms with E-state index in [1.807, 2.05) is 0 Å². The minimum atomic E-state index is -4.78. The zero-order valence-electron chi connectivity index (χ0n) is 13.7. The number of carbonyl (C=O) groups excluding carboxylic acids is 1. The summed E-state index contributed by atoms with van der Waals surface area (Å²) in [4.78, 5) is 14.3. The number of nitrogens with zero attached hydrogens (tertiary/aromatic N) is 3. The highest BCUT2D eigenvalue weighted by molar-refractivity contribution is 6.31. The number of alkyl halides is 3. The molecule has 1 N–H and O–H groups in total. The van der Waals surface area contributed by atoms with Gasteiger partial charge in [-0.25, -0.2) is 9.18 Å². The van der Waals surface area contributed by atoms with Gasteiger partial charge in [-0.15, -0.1) is 0 Å². The number of hydrogen-bond donors (Lipinski definition) is 1. The number of aromatic nitrogens is 2. The van der Waals surface area contributed by atoms with Crippen LogP contribution in [-0.4, -0.2) is 27.2 Å². The average Bonchev–Trinajstić information content (AvgIpc) is 2.92. The smallest absolute Gasteiger partial charge is 0.314 e. The minimum Gasteiger partial charge on any atom is -0.314 e. The molecule has 27 heavy (non-hydrogen) atoms. The van der Waals surface area contributed by atoms with Crippen LogP contribution in [0.5, 0.6) is 0 Å². The van der Waals surface area contributed by atoms with Gasteiger partial charge in [0, 0.05) is 6.04 Å². The van der Waals surface area contributed by atoms with Gasteiger partial charge in [0.25, 0.3) is 0 Å². The Hall–Kier alpha value is -2.42. The van der Waals surface area contributed by atoms with Crippen LogP contribution < -0.4 is 5.32 Å². The maximum atomic E-state index is 14.1. The number of nitrogens with one attached hydrogen (secondary N) is 1. The van der Waals surface area contributed by atoms with E-state index in [2.05, 4.69) is 15.5 Å². The van der Waals surface area contributed by atoms with Gasteiger partial charge >= 0.3 is 12.2 Å². The highest BCUT2D eigenvalue weighted by Crippen LogP contribution is 2.43. The number of anilines is 1. The molecule has 0 radical (unpaired) electrons. The molecule has 4 rings (SSSR count). The molecule has 2 bridgehead atoms. The Balaban J connectivity index is 1.60. The Kier molecular flexibility index (Phi) is 4.21. The molecule has 0 unspecified atom stereocenters. The zero-order chi connectivity index (χ0) is 19.3. The van der Waals surface area contributed by atoms with Gasteiger partial charge in [-0.05, 0) is 42.5 Å².